The van der Waals surface area contributed by atoms with Gasteiger partial charge < -0.3 is 5.11 Å². The fourth-order valence-electron chi connectivity index (χ4n) is 2.08. The molecule has 1 heterocycles. The maximum absolute atomic E-state index is 11.2. The molecular weight excluding hydrogens is 308 g/mol. The Bertz CT molecular complexity index is 683. The summed E-state index contributed by atoms with van der Waals surface area (Å²) in [6, 6.07) is 5.46. The van der Waals surface area contributed by atoms with Gasteiger partial charge in [-0.05, 0) is 38.5 Å². The molecule has 0 saturated carbocycles. The molecule has 0 amide bonds. The second-order valence-electron chi connectivity index (χ2n) is 4.73. The van der Waals surface area contributed by atoms with Crippen LogP contribution >= 0.6 is 23.4 Å². The van der Waals surface area contributed by atoms with Crippen molar-refractivity contribution in [2.75, 3.05) is 0 Å². The standard InChI is InChI=1S/C15H17ClN2O2S/c1-4-18-13(14(16)10(3)17-18)8-21-11-6-5-9(2)12(7-11)15(19)20/h5-7H,4,8H2,1-3H3,(H,19,20). The highest BCUT2D eigenvalue weighted by Gasteiger charge is 2.14. The maximum Gasteiger partial charge on any atom is 0.335 e. The fraction of sp³-hybridized carbons (Fsp3) is 0.333. The zero-order chi connectivity index (χ0) is 15.6. The molecule has 0 radical (unpaired) electrons. The molecule has 2 rings (SSSR count). The Morgan fingerprint density at radius 1 is 1.43 bits per heavy atom. The summed E-state index contributed by atoms with van der Waals surface area (Å²) < 4.78 is 1.89. The first-order valence-electron chi connectivity index (χ1n) is 6.62. The Hall–Kier alpha value is -1.46. The first-order chi connectivity index (χ1) is 9.93. The van der Waals surface area contributed by atoms with Gasteiger partial charge in [-0.2, -0.15) is 5.10 Å². The van der Waals surface area contributed by atoms with Crippen molar-refractivity contribution in [3.8, 4) is 0 Å². The van der Waals surface area contributed by atoms with Crippen molar-refractivity contribution < 1.29 is 9.90 Å². The summed E-state index contributed by atoms with van der Waals surface area (Å²) in [7, 11) is 0. The summed E-state index contributed by atoms with van der Waals surface area (Å²) in [5.74, 6) is -0.238. The molecule has 0 atom stereocenters. The van der Waals surface area contributed by atoms with E-state index >= 15 is 0 Å². The van der Waals surface area contributed by atoms with Gasteiger partial charge in [-0.25, -0.2) is 4.79 Å². The highest BCUT2D eigenvalue weighted by Crippen LogP contribution is 2.29. The molecule has 0 aliphatic heterocycles. The van der Waals surface area contributed by atoms with E-state index in [0.717, 1.165) is 28.4 Å². The number of hydrogen-bond donors (Lipinski definition) is 1. The first kappa shape index (κ1) is 15.9. The van der Waals surface area contributed by atoms with E-state index in [0.29, 0.717) is 16.3 Å². The maximum atomic E-state index is 11.2. The second-order valence-corrected chi connectivity index (χ2v) is 6.16. The van der Waals surface area contributed by atoms with Crippen LogP contribution in [-0.2, 0) is 12.3 Å². The molecule has 21 heavy (non-hydrogen) atoms. The third kappa shape index (κ3) is 3.41. The van der Waals surface area contributed by atoms with E-state index in [4.69, 9.17) is 16.7 Å². The van der Waals surface area contributed by atoms with Crippen molar-refractivity contribution in [3.63, 3.8) is 0 Å². The lowest BCUT2D eigenvalue weighted by molar-refractivity contribution is 0.0696. The Balaban J connectivity index is 2.21. The van der Waals surface area contributed by atoms with E-state index < -0.39 is 5.97 Å². The van der Waals surface area contributed by atoms with Crippen LogP contribution in [0, 0.1) is 13.8 Å². The predicted molar refractivity (Wildman–Crippen MR) is 85.3 cm³/mol. The van der Waals surface area contributed by atoms with E-state index in [-0.39, 0.29) is 0 Å². The predicted octanol–water partition coefficient (Wildman–Crippen LogP) is 4.16. The largest absolute Gasteiger partial charge is 0.478 e. The molecule has 1 aromatic carbocycles. The molecule has 1 N–H and O–H groups in total. The molecule has 0 bridgehead atoms. The number of benzene rings is 1. The summed E-state index contributed by atoms with van der Waals surface area (Å²) in [6.45, 7) is 6.46. The van der Waals surface area contributed by atoms with Gasteiger partial charge in [-0.1, -0.05) is 17.7 Å². The molecule has 0 aliphatic carbocycles. The quantitative estimate of drug-likeness (QED) is 0.839. The van der Waals surface area contributed by atoms with E-state index in [9.17, 15) is 4.79 Å². The van der Waals surface area contributed by atoms with Crippen LogP contribution in [0.25, 0.3) is 0 Å². The summed E-state index contributed by atoms with van der Waals surface area (Å²) in [5, 5.41) is 14.2. The third-order valence-electron chi connectivity index (χ3n) is 3.27. The number of rotatable bonds is 5. The minimum Gasteiger partial charge on any atom is -0.478 e. The molecule has 0 spiro atoms. The fourth-order valence-corrected chi connectivity index (χ4v) is 3.32. The molecule has 6 heteroatoms. The number of thioether (sulfide) groups is 1. The number of hydrogen-bond acceptors (Lipinski definition) is 3. The van der Waals surface area contributed by atoms with Gasteiger partial charge in [-0.15, -0.1) is 11.8 Å². The number of halogens is 1. The monoisotopic (exact) mass is 324 g/mol. The van der Waals surface area contributed by atoms with Gasteiger partial charge in [0, 0.05) is 17.2 Å². The zero-order valence-electron chi connectivity index (χ0n) is 12.2. The molecule has 0 unspecified atom stereocenters. The lowest BCUT2D eigenvalue weighted by Gasteiger charge is -2.07. The smallest absolute Gasteiger partial charge is 0.335 e. The normalized spacial score (nSPS) is 10.9. The van der Waals surface area contributed by atoms with E-state index in [1.807, 2.05) is 30.7 Å². The molecule has 4 nitrogen and oxygen atoms in total. The van der Waals surface area contributed by atoms with Gasteiger partial charge in [0.1, 0.15) is 0 Å². The van der Waals surface area contributed by atoms with Crippen molar-refractivity contribution in [1.82, 2.24) is 9.78 Å². The number of carboxylic acid groups (broad SMARTS) is 1. The Kier molecular flexibility index (Phi) is 4.96. The Morgan fingerprint density at radius 3 is 2.76 bits per heavy atom. The summed E-state index contributed by atoms with van der Waals surface area (Å²) in [6.07, 6.45) is 0. The Morgan fingerprint density at radius 2 is 2.14 bits per heavy atom. The van der Waals surface area contributed by atoms with Gasteiger partial charge in [-0.3, -0.25) is 4.68 Å². The molecule has 112 valence electrons. The van der Waals surface area contributed by atoms with Crippen LogP contribution in [0.4, 0.5) is 0 Å². The van der Waals surface area contributed by atoms with Gasteiger partial charge in [0.15, 0.2) is 0 Å². The number of carbonyl (C=O) groups is 1. The minimum absolute atomic E-state index is 0.339. The van der Waals surface area contributed by atoms with Crippen LogP contribution in [-0.4, -0.2) is 20.9 Å². The van der Waals surface area contributed by atoms with Crippen molar-refractivity contribution >= 4 is 29.3 Å². The minimum atomic E-state index is -0.901. The van der Waals surface area contributed by atoms with Crippen molar-refractivity contribution in [3.05, 3.63) is 45.7 Å². The number of aryl methyl sites for hydroxylation is 3. The molecule has 0 saturated heterocycles. The van der Waals surface area contributed by atoms with Crippen molar-refractivity contribution in [2.24, 2.45) is 0 Å². The van der Waals surface area contributed by atoms with E-state index in [1.54, 1.807) is 24.8 Å². The molecule has 1 aromatic heterocycles. The van der Waals surface area contributed by atoms with Gasteiger partial charge in [0.2, 0.25) is 0 Å². The lowest BCUT2D eigenvalue weighted by Crippen LogP contribution is -2.02. The summed E-state index contributed by atoms with van der Waals surface area (Å²) >= 11 is 7.84. The third-order valence-corrected chi connectivity index (χ3v) is 4.76. The second kappa shape index (κ2) is 6.54. The first-order valence-corrected chi connectivity index (χ1v) is 7.99. The number of carboxylic acids is 1. The van der Waals surface area contributed by atoms with Gasteiger partial charge in [0.05, 0.1) is 22.0 Å². The van der Waals surface area contributed by atoms with E-state index in [1.165, 1.54) is 0 Å². The average molecular weight is 325 g/mol. The molecule has 0 aliphatic rings. The molecular formula is C15H17ClN2O2S. The van der Waals surface area contributed by atoms with Crippen LogP contribution < -0.4 is 0 Å². The number of aromatic nitrogens is 2. The molecule has 0 fully saturated rings. The van der Waals surface area contributed by atoms with Crippen LogP contribution in [0.15, 0.2) is 23.1 Å². The average Bonchev–Trinajstić information content (AvgIpc) is 2.73. The van der Waals surface area contributed by atoms with Crippen LogP contribution in [0.1, 0.15) is 34.2 Å². The molecule has 2 aromatic rings. The highest BCUT2D eigenvalue weighted by molar-refractivity contribution is 7.98. The number of aromatic carboxylic acids is 1. The van der Waals surface area contributed by atoms with Crippen LogP contribution in [0.3, 0.4) is 0 Å². The van der Waals surface area contributed by atoms with Crippen LogP contribution in [0.5, 0.6) is 0 Å². The SMILES string of the molecule is CCn1nc(C)c(Cl)c1CSc1ccc(C)c(C(=O)O)c1. The lowest BCUT2D eigenvalue weighted by atomic mass is 10.1. The number of nitrogens with zero attached hydrogens (tertiary/aromatic N) is 2. The topological polar surface area (TPSA) is 55.1 Å². The van der Waals surface area contributed by atoms with Gasteiger partial charge >= 0.3 is 5.97 Å². The highest BCUT2D eigenvalue weighted by atomic mass is 35.5. The Labute approximate surface area is 133 Å². The van der Waals surface area contributed by atoms with Crippen molar-refractivity contribution in [2.45, 2.75) is 38.0 Å². The summed E-state index contributed by atoms with van der Waals surface area (Å²) in [5.41, 5.74) is 2.90. The summed E-state index contributed by atoms with van der Waals surface area (Å²) in [4.78, 5) is 12.1. The van der Waals surface area contributed by atoms with Crippen molar-refractivity contribution in [1.29, 1.82) is 0 Å². The van der Waals surface area contributed by atoms with Gasteiger partial charge in [0.25, 0.3) is 0 Å². The zero-order valence-corrected chi connectivity index (χ0v) is 13.8. The van der Waals surface area contributed by atoms with E-state index in [2.05, 4.69) is 5.10 Å². The van der Waals surface area contributed by atoms with Crippen LogP contribution in [0.2, 0.25) is 5.02 Å².